The molecule has 202 valence electrons. The van der Waals surface area contributed by atoms with E-state index in [9.17, 15) is 14.0 Å². The fourth-order valence-electron chi connectivity index (χ4n) is 5.03. The predicted molar refractivity (Wildman–Crippen MR) is 149 cm³/mol. The Kier molecular flexibility index (Phi) is 7.12. The number of halogens is 1. The van der Waals surface area contributed by atoms with Crippen LogP contribution in [-0.4, -0.2) is 63.1 Å². The van der Waals surface area contributed by atoms with Gasteiger partial charge in [-0.1, -0.05) is 30.3 Å². The van der Waals surface area contributed by atoms with Crippen LogP contribution in [0.25, 0.3) is 16.7 Å². The van der Waals surface area contributed by atoms with Gasteiger partial charge in [-0.2, -0.15) is 0 Å². The lowest BCUT2D eigenvalue weighted by atomic mass is 10.0. The topological polar surface area (TPSA) is 67.7 Å². The maximum atomic E-state index is 14.5. The number of carbonyl (C=O) groups is 2. The summed E-state index contributed by atoms with van der Waals surface area (Å²) in [5.74, 6) is -0.430. The molecule has 1 fully saturated rings. The van der Waals surface area contributed by atoms with Crippen molar-refractivity contribution in [2.24, 2.45) is 0 Å². The molecular formula is C31H33FN4O3. The fourth-order valence-corrected chi connectivity index (χ4v) is 5.03. The Morgan fingerprint density at radius 3 is 2.31 bits per heavy atom. The second-order valence-corrected chi connectivity index (χ2v) is 10.8. The van der Waals surface area contributed by atoms with E-state index in [-0.39, 0.29) is 17.8 Å². The molecule has 7 nitrogen and oxygen atoms in total. The predicted octanol–water partition coefficient (Wildman–Crippen LogP) is 5.76. The highest BCUT2D eigenvalue weighted by molar-refractivity contribution is 6.07. The first kappa shape index (κ1) is 26.4. The van der Waals surface area contributed by atoms with Gasteiger partial charge in [-0.05, 0) is 69.2 Å². The van der Waals surface area contributed by atoms with Gasteiger partial charge in [0.25, 0.3) is 5.91 Å². The van der Waals surface area contributed by atoms with Crippen molar-refractivity contribution in [1.29, 1.82) is 0 Å². The van der Waals surface area contributed by atoms with Crippen LogP contribution in [0.2, 0.25) is 0 Å². The molecule has 3 heterocycles. The summed E-state index contributed by atoms with van der Waals surface area (Å²) in [5.41, 5.74) is 4.34. The second-order valence-electron chi connectivity index (χ2n) is 10.8. The molecule has 1 aliphatic rings. The SMILES string of the molecule is Cc1c(F)cccc1Cc1c(C(=O)N2CCN(C(=O)OC(C)(C)C)CC2)c2ncccc2n1-c1ccccc1. The molecule has 1 saturated heterocycles. The maximum absolute atomic E-state index is 14.5. The zero-order valence-electron chi connectivity index (χ0n) is 22.8. The zero-order valence-corrected chi connectivity index (χ0v) is 22.8. The highest BCUT2D eigenvalue weighted by atomic mass is 19.1. The van der Waals surface area contributed by atoms with Gasteiger partial charge < -0.3 is 19.1 Å². The molecule has 0 N–H and O–H groups in total. The minimum atomic E-state index is -0.584. The lowest BCUT2D eigenvalue weighted by molar-refractivity contribution is 0.0141. The number of hydrogen-bond donors (Lipinski definition) is 0. The standard InChI is InChI=1S/C31H33FN4O3/c1-21-22(10-8-13-24(21)32)20-26-27(28-25(14-9-15-33-28)36(26)23-11-6-5-7-12-23)29(37)34-16-18-35(19-17-34)30(38)39-31(2,3)4/h5-15H,16-20H2,1-4H3. The Morgan fingerprint density at radius 1 is 0.923 bits per heavy atom. The Morgan fingerprint density at radius 2 is 1.62 bits per heavy atom. The molecule has 2 aromatic heterocycles. The van der Waals surface area contributed by atoms with Gasteiger partial charge in [0, 0.05) is 50.2 Å². The normalized spacial score (nSPS) is 14.1. The number of ether oxygens (including phenoxy) is 1. The van der Waals surface area contributed by atoms with Crippen LogP contribution in [0.1, 0.15) is 48.0 Å². The number of piperazine rings is 1. The Hall–Kier alpha value is -4.20. The first-order chi connectivity index (χ1) is 18.6. The number of nitrogens with zero attached hydrogens (tertiary/aromatic N) is 4. The molecule has 8 heteroatoms. The largest absolute Gasteiger partial charge is 0.444 e. The second kappa shape index (κ2) is 10.5. The van der Waals surface area contributed by atoms with E-state index in [1.165, 1.54) is 6.07 Å². The molecule has 0 radical (unpaired) electrons. The average molecular weight is 529 g/mol. The molecule has 0 bridgehead atoms. The van der Waals surface area contributed by atoms with Gasteiger partial charge in [-0.3, -0.25) is 9.78 Å². The van der Waals surface area contributed by atoms with Gasteiger partial charge in [0.1, 0.15) is 16.9 Å². The third kappa shape index (κ3) is 5.37. The highest BCUT2D eigenvalue weighted by Gasteiger charge is 2.32. The first-order valence-electron chi connectivity index (χ1n) is 13.2. The van der Waals surface area contributed by atoms with Crippen molar-refractivity contribution in [3.05, 3.63) is 95.1 Å². The summed E-state index contributed by atoms with van der Waals surface area (Å²) in [4.78, 5) is 34.8. The lowest BCUT2D eigenvalue weighted by Gasteiger charge is -2.35. The molecule has 0 aliphatic carbocycles. The minimum Gasteiger partial charge on any atom is -0.444 e. The number of aromatic nitrogens is 2. The van der Waals surface area contributed by atoms with Gasteiger partial charge in [-0.15, -0.1) is 0 Å². The molecular weight excluding hydrogens is 495 g/mol. The van der Waals surface area contributed by atoms with Crippen LogP contribution in [0.4, 0.5) is 9.18 Å². The summed E-state index contributed by atoms with van der Waals surface area (Å²) in [6, 6.07) is 18.7. The summed E-state index contributed by atoms with van der Waals surface area (Å²) in [7, 11) is 0. The number of fused-ring (bicyclic) bond motifs is 1. The van der Waals surface area contributed by atoms with E-state index in [2.05, 4.69) is 9.55 Å². The van der Waals surface area contributed by atoms with Crippen LogP contribution >= 0.6 is 0 Å². The average Bonchev–Trinajstić information content (AvgIpc) is 3.24. The maximum Gasteiger partial charge on any atom is 0.410 e. The van der Waals surface area contributed by atoms with Crippen molar-refractivity contribution < 1.29 is 18.7 Å². The van der Waals surface area contributed by atoms with Crippen molar-refractivity contribution in [2.45, 2.75) is 39.7 Å². The molecule has 0 saturated carbocycles. The summed E-state index contributed by atoms with van der Waals surface area (Å²) < 4.78 is 22.1. The number of hydrogen-bond acceptors (Lipinski definition) is 4. The molecule has 0 unspecified atom stereocenters. The van der Waals surface area contributed by atoms with E-state index in [4.69, 9.17) is 4.74 Å². The molecule has 2 amide bonds. The van der Waals surface area contributed by atoms with E-state index in [1.807, 2.05) is 69.3 Å². The van der Waals surface area contributed by atoms with Crippen molar-refractivity contribution in [1.82, 2.24) is 19.4 Å². The molecule has 5 rings (SSSR count). The smallest absolute Gasteiger partial charge is 0.410 e. The minimum absolute atomic E-state index is 0.152. The quantitative estimate of drug-likeness (QED) is 0.338. The number of benzene rings is 2. The molecule has 1 aliphatic heterocycles. The van der Waals surface area contributed by atoms with Gasteiger partial charge >= 0.3 is 6.09 Å². The van der Waals surface area contributed by atoms with Crippen LogP contribution < -0.4 is 0 Å². The van der Waals surface area contributed by atoms with Gasteiger partial charge in [0.05, 0.1) is 11.1 Å². The van der Waals surface area contributed by atoms with Gasteiger partial charge in [-0.25, -0.2) is 9.18 Å². The van der Waals surface area contributed by atoms with Crippen molar-refractivity contribution in [3.8, 4) is 5.69 Å². The fraction of sp³-hybridized carbons (Fsp3) is 0.323. The highest BCUT2D eigenvalue weighted by Crippen LogP contribution is 2.32. The number of carbonyl (C=O) groups excluding carboxylic acids is 2. The van der Waals surface area contributed by atoms with E-state index < -0.39 is 5.60 Å². The summed E-state index contributed by atoms with van der Waals surface area (Å²) in [6.45, 7) is 8.78. The van der Waals surface area contributed by atoms with Crippen LogP contribution in [0.5, 0.6) is 0 Å². The van der Waals surface area contributed by atoms with E-state index >= 15 is 0 Å². The molecule has 39 heavy (non-hydrogen) atoms. The van der Waals surface area contributed by atoms with Crippen molar-refractivity contribution in [3.63, 3.8) is 0 Å². The van der Waals surface area contributed by atoms with E-state index in [0.29, 0.717) is 49.2 Å². The molecule has 0 spiro atoms. The van der Waals surface area contributed by atoms with Crippen LogP contribution in [-0.2, 0) is 11.2 Å². The summed E-state index contributed by atoms with van der Waals surface area (Å²) in [6.07, 6.45) is 1.67. The van der Waals surface area contributed by atoms with Crippen molar-refractivity contribution in [2.75, 3.05) is 26.2 Å². The third-order valence-corrected chi connectivity index (χ3v) is 7.01. The van der Waals surface area contributed by atoms with Crippen LogP contribution in [0, 0.1) is 12.7 Å². The number of amides is 2. The van der Waals surface area contributed by atoms with Crippen LogP contribution in [0.15, 0.2) is 66.9 Å². The van der Waals surface area contributed by atoms with Gasteiger partial charge in [0.2, 0.25) is 0 Å². The molecule has 2 aromatic carbocycles. The molecule has 4 aromatic rings. The third-order valence-electron chi connectivity index (χ3n) is 7.01. The van der Waals surface area contributed by atoms with Crippen molar-refractivity contribution >= 4 is 23.0 Å². The van der Waals surface area contributed by atoms with Gasteiger partial charge in [0.15, 0.2) is 0 Å². The monoisotopic (exact) mass is 528 g/mol. The number of pyridine rings is 1. The summed E-state index contributed by atoms with van der Waals surface area (Å²) >= 11 is 0. The van der Waals surface area contributed by atoms with E-state index in [1.54, 1.807) is 29.0 Å². The Balaban J connectivity index is 1.56. The van der Waals surface area contributed by atoms with E-state index in [0.717, 1.165) is 22.5 Å². The zero-order chi connectivity index (χ0) is 27.7. The number of para-hydroxylation sites is 1. The summed E-state index contributed by atoms with van der Waals surface area (Å²) in [5, 5.41) is 0. The Labute approximate surface area is 227 Å². The Bertz CT molecular complexity index is 1520. The van der Waals surface area contributed by atoms with Crippen LogP contribution in [0.3, 0.4) is 0 Å². The number of rotatable bonds is 4. The first-order valence-corrected chi connectivity index (χ1v) is 13.2. The lowest BCUT2D eigenvalue weighted by Crippen LogP contribution is -2.51. The molecule has 0 atom stereocenters.